The smallest absolute Gasteiger partial charge is 0.252 e. The molecule has 0 spiro atoms. The number of hydrogen-bond acceptors (Lipinski definition) is 4. The van der Waals surface area contributed by atoms with E-state index in [9.17, 15) is 4.79 Å². The molecule has 1 aliphatic carbocycles. The van der Waals surface area contributed by atoms with Gasteiger partial charge in [0.2, 0.25) is 0 Å². The van der Waals surface area contributed by atoms with Gasteiger partial charge in [-0.05, 0) is 44.6 Å². The van der Waals surface area contributed by atoms with Crippen molar-refractivity contribution < 1.29 is 9.53 Å². The Balaban J connectivity index is 1.77. The van der Waals surface area contributed by atoms with Gasteiger partial charge in [-0.2, -0.15) is 0 Å². The lowest BCUT2D eigenvalue weighted by molar-refractivity contribution is 0.0948. The Bertz CT molecular complexity index is 529. The van der Waals surface area contributed by atoms with Gasteiger partial charge in [-0.15, -0.1) is 0 Å². The molecule has 0 radical (unpaired) electrons. The summed E-state index contributed by atoms with van der Waals surface area (Å²) in [7, 11) is 1.66. The lowest BCUT2D eigenvalue weighted by atomic mass is 9.97. The van der Waals surface area contributed by atoms with Gasteiger partial charge < -0.3 is 15.4 Å². The van der Waals surface area contributed by atoms with E-state index in [4.69, 9.17) is 4.74 Å². The number of rotatable bonds is 9. The third kappa shape index (κ3) is 6.40. The number of nitrogens with one attached hydrogen (secondary N) is 2. The summed E-state index contributed by atoms with van der Waals surface area (Å²) in [5, 5.41) is 6.23. The van der Waals surface area contributed by atoms with Crippen LogP contribution in [0.5, 0.6) is 0 Å². The number of amides is 1. The topological polar surface area (TPSA) is 63.2 Å². The van der Waals surface area contributed by atoms with Gasteiger partial charge in [0, 0.05) is 39.2 Å². The van der Waals surface area contributed by atoms with E-state index in [2.05, 4.69) is 21.7 Å². The molecule has 2 rings (SSSR count). The summed E-state index contributed by atoms with van der Waals surface area (Å²) in [6.45, 7) is 2.14. The van der Waals surface area contributed by atoms with Gasteiger partial charge >= 0.3 is 0 Å². The summed E-state index contributed by atoms with van der Waals surface area (Å²) in [4.78, 5) is 16.2. The fourth-order valence-corrected chi connectivity index (χ4v) is 2.68. The predicted molar refractivity (Wildman–Crippen MR) is 92.7 cm³/mol. The summed E-state index contributed by atoms with van der Waals surface area (Å²) in [6, 6.07) is 1.86. The van der Waals surface area contributed by atoms with Crippen molar-refractivity contribution in [2.24, 2.45) is 0 Å². The number of nitrogens with zero attached hydrogens (tertiary/aromatic N) is 1. The molecule has 5 heteroatoms. The van der Waals surface area contributed by atoms with E-state index in [-0.39, 0.29) is 5.91 Å². The minimum atomic E-state index is -0.0905. The summed E-state index contributed by atoms with van der Waals surface area (Å²) >= 11 is 0. The second kappa shape index (κ2) is 10.0. The molecule has 0 aliphatic heterocycles. The lowest BCUT2D eigenvalue weighted by Gasteiger charge is -2.13. The number of carbonyl (C=O) groups excluding carboxylic acids is 1. The highest BCUT2D eigenvalue weighted by Gasteiger charge is 2.07. The quantitative estimate of drug-likeness (QED) is 0.542. The van der Waals surface area contributed by atoms with Crippen molar-refractivity contribution in [1.82, 2.24) is 10.3 Å². The average Bonchev–Trinajstić information content (AvgIpc) is 2.60. The number of methoxy groups -OCH3 is 1. The van der Waals surface area contributed by atoms with Crippen LogP contribution in [0.2, 0.25) is 0 Å². The molecule has 126 valence electrons. The Labute approximate surface area is 138 Å². The highest BCUT2D eigenvalue weighted by molar-refractivity contribution is 5.94. The van der Waals surface area contributed by atoms with Crippen molar-refractivity contribution in [2.75, 3.05) is 32.1 Å². The third-order valence-corrected chi connectivity index (χ3v) is 3.97. The molecule has 0 atom stereocenters. The summed E-state index contributed by atoms with van der Waals surface area (Å²) < 4.78 is 4.96. The summed E-state index contributed by atoms with van der Waals surface area (Å²) in [5.41, 5.74) is 3.03. The zero-order chi connectivity index (χ0) is 16.3. The maximum atomic E-state index is 12.1. The van der Waals surface area contributed by atoms with E-state index in [1.165, 1.54) is 25.7 Å². The molecule has 0 saturated carbocycles. The molecule has 0 aromatic carbocycles. The van der Waals surface area contributed by atoms with Crippen LogP contribution in [-0.2, 0) is 4.74 Å². The fourth-order valence-electron chi connectivity index (χ4n) is 2.68. The number of allylic oxidation sites excluding steroid dienone is 1. The van der Waals surface area contributed by atoms with E-state index in [1.807, 2.05) is 6.07 Å². The van der Waals surface area contributed by atoms with Crippen LogP contribution in [0, 0.1) is 0 Å². The van der Waals surface area contributed by atoms with E-state index < -0.39 is 0 Å². The van der Waals surface area contributed by atoms with Crippen molar-refractivity contribution in [3.63, 3.8) is 0 Å². The fraction of sp³-hybridized carbons (Fsp3) is 0.556. The van der Waals surface area contributed by atoms with Gasteiger partial charge in [0.25, 0.3) is 5.91 Å². The number of ether oxygens (including phenoxy) is 1. The average molecular weight is 317 g/mol. The van der Waals surface area contributed by atoms with Gasteiger partial charge in [-0.25, -0.2) is 0 Å². The number of pyridine rings is 1. The Morgan fingerprint density at radius 3 is 3.00 bits per heavy atom. The number of carbonyl (C=O) groups is 1. The van der Waals surface area contributed by atoms with Crippen molar-refractivity contribution >= 4 is 11.6 Å². The van der Waals surface area contributed by atoms with Crippen LogP contribution in [0.15, 0.2) is 30.1 Å². The maximum absolute atomic E-state index is 12.1. The number of aromatic nitrogens is 1. The zero-order valence-corrected chi connectivity index (χ0v) is 13.9. The first-order valence-corrected chi connectivity index (χ1v) is 8.43. The van der Waals surface area contributed by atoms with Crippen molar-refractivity contribution in [3.05, 3.63) is 35.7 Å². The molecule has 1 heterocycles. The van der Waals surface area contributed by atoms with Gasteiger partial charge in [-0.3, -0.25) is 9.78 Å². The Hall–Kier alpha value is -1.88. The highest BCUT2D eigenvalue weighted by Crippen LogP contribution is 2.20. The van der Waals surface area contributed by atoms with Crippen LogP contribution < -0.4 is 10.6 Å². The molecule has 2 N–H and O–H groups in total. The first-order valence-electron chi connectivity index (χ1n) is 8.43. The van der Waals surface area contributed by atoms with Gasteiger partial charge in [0.05, 0.1) is 11.3 Å². The molecule has 1 aromatic rings. The maximum Gasteiger partial charge on any atom is 0.252 e. The van der Waals surface area contributed by atoms with Crippen LogP contribution in [-0.4, -0.2) is 37.7 Å². The molecule has 0 saturated heterocycles. The standard InChI is InChI=1S/C18H27N3O2/c1-23-11-5-9-21-18(22)16-12-17(14-19-13-16)20-10-8-15-6-3-2-4-7-15/h6,12-14,20H,2-5,7-11H2,1H3,(H,21,22). The first-order chi connectivity index (χ1) is 11.3. The van der Waals surface area contributed by atoms with Crippen molar-refractivity contribution in [2.45, 2.75) is 38.5 Å². The molecular weight excluding hydrogens is 290 g/mol. The number of hydrogen-bond donors (Lipinski definition) is 2. The minimum absolute atomic E-state index is 0.0905. The Kier molecular flexibility index (Phi) is 7.60. The third-order valence-electron chi connectivity index (χ3n) is 3.97. The van der Waals surface area contributed by atoms with E-state index >= 15 is 0 Å². The van der Waals surface area contributed by atoms with Gasteiger partial charge in [0.1, 0.15) is 0 Å². The Morgan fingerprint density at radius 1 is 1.30 bits per heavy atom. The van der Waals surface area contributed by atoms with Crippen LogP contribution in [0.3, 0.4) is 0 Å². The molecular formula is C18H27N3O2. The molecule has 1 amide bonds. The van der Waals surface area contributed by atoms with E-state index in [0.29, 0.717) is 18.7 Å². The molecule has 23 heavy (non-hydrogen) atoms. The first kappa shape index (κ1) is 17.5. The van der Waals surface area contributed by atoms with Crippen LogP contribution in [0.25, 0.3) is 0 Å². The number of anilines is 1. The molecule has 1 aromatic heterocycles. The normalized spacial score (nSPS) is 14.2. The highest BCUT2D eigenvalue weighted by atomic mass is 16.5. The molecule has 5 nitrogen and oxygen atoms in total. The van der Waals surface area contributed by atoms with Crippen LogP contribution in [0.1, 0.15) is 48.9 Å². The second-order valence-electron chi connectivity index (χ2n) is 5.85. The molecule has 0 fully saturated rings. The van der Waals surface area contributed by atoms with Crippen LogP contribution in [0.4, 0.5) is 5.69 Å². The molecule has 0 unspecified atom stereocenters. The molecule has 1 aliphatic rings. The van der Waals surface area contributed by atoms with Crippen LogP contribution >= 0.6 is 0 Å². The van der Waals surface area contributed by atoms with Gasteiger partial charge in [-0.1, -0.05) is 11.6 Å². The lowest BCUT2D eigenvalue weighted by Crippen LogP contribution is -2.25. The van der Waals surface area contributed by atoms with E-state index in [0.717, 1.165) is 25.1 Å². The van der Waals surface area contributed by atoms with E-state index in [1.54, 1.807) is 25.1 Å². The largest absolute Gasteiger partial charge is 0.385 e. The summed E-state index contributed by atoms with van der Waals surface area (Å²) in [5.74, 6) is -0.0905. The second-order valence-corrected chi connectivity index (χ2v) is 5.85. The van der Waals surface area contributed by atoms with Crippen molar-refractivity contribution in [3.8, 4) is 0 Å². The SMILES string of the molecule is COCCCNC(=O)c1cncc(NCCC2=CCCCC2)c1. The summed E-state index contributed by atoms with van der Waals surface area (Å²) in [6.07, 6.45) is 12.7. The van der Waals surface area contributed by atoms with Crippen molar-refractivity contribution in [1.29, 1.82) is 0 Å². The van der Waals surface area contributed by atoms with Gasteiger partial charge in [0.15, 0.2) is 0 Å². The monoisotopic (exact) mass is 317 g/mol. The zero-order valence-electron chi connectivity index (χ0n) is 13.9. The molecule has 0 bridgehead atoms. The Morgan fingerprint density at radius 2 is 2.22 bits per heavy atom. The predicted octanol–water partition coefficient (Wildman–Crippen LogP) is 3.15. The minimum Gasteiger partial charge on any atom is -0.385 e.